The van der Waals surface area contributed by atoms with Gasteiger partial charge in [-0.25, -0.2) is 0 Å². The molecule has 0 aromatic rings. The quantitative estimate of drug-likeness (QED) is 0.308. The van der Waals surface area contributed by atoms with Gasteiger partial charge in [-0.2, -0.15) is 0 Å². The van der Waals surface area contributed by atoms with E-state index in [2.05, 4.69) is 22.5 Å². The van der Waals surface area contributed by atoms with Crippen LogP contribution in [0.2, 0.25) is 0 Å². The Hall–Kier alpha value is -1.45. The lowest BCUT2D eigenvalue weighted by Crippen LogP contribution is -2.60. The highest BCUT2D eigenvalue weighted by Crippen LogP contribution is 2.60. The second kappa shape index (κ2) is 8.83. The molecule has 3 saturated heterocycles. The van der Waals surface area contributed by atoms with Gasteiger partial charge in [-0.3, -0.25) is 14.4 Å². The van der Waals surface area contributed by atoms with Crippen LogP contribution >= 0.6 is 15.9 Å². The van der Waals surface area contributed by atoms with Crippen LogP contribution in [0.15, 0.2) is 12.7 Å². The highest BCUT2D eigenvalue weighted by atomic mass is 79.9. The molecule has 0 radical (unpaired) electrons. The van der Waals surface area contributed by atoms with Crippen molar-refractivity contribution in [2.45, 2.75) is 68.6 Å². The van der Waals surface area contributed by atoms with Gasteiger partial charge in [0.25, 0.3) is 0 Å². The molecule has 3 fully saturated rings. The fourth-order valence-corrected chi connectivity index (χ4v) is 6.31. The number of likely N-dealkylation sites (tertiary alicyclic amines) is 1. The smallest absolute Gasteiger partial charge is 0.312 e. The van der Waals surface area contributed by atoms with E-state index in [9.17, 15) is 19.5 Å². The Labute approximate surface area is 192 Å². The molecule has 9 heteroatoms. The van der Waals surface area contributed by atoms with Crippen molar-refractivity contribution in [3.63, 3.8) is 0 Å². The molecular weight excluding hydrogens is 468 g/mol. The summed E-state index contributed by atoms with van der Waals surface area (Å²) in [5.74, 6) is -2.51. The Morgan fingerprint density at radius 1 is 1.45 bits per heavy atom. The van der Waals surface area contributed by atoms with E-state index < -0.39 is 41.1 Å². The highest BCUT2D eigenvalue weighted by Gasteiger charge is 2.77. The number of ether oxygens (including phenoxy) is 2. The number of esters is 1. The largest absolute Gasteiger partial charge is 0.466 e. The molecule has 3 heterocycles. The van der Waals surface area contributed by atoms with Gasteiger partial charge in [0.05, 0.1) is 24.5 Å². The first-order valence-corrected chi connectivity index (χ1v) is 11.8. The zero-order valence-corrected chi connectivity index (χ0v) is 20.3. The molecule has 0 aromatic heterocycles. The van der Waals surface area contributed by atoms with E-state index >= 15 is 0 Å². The van der Waals surface area contributed by atoms with Gasteiger partial charge in [-0.05, 0) is 40.5 Å². The molecule has 174 valence electrons. The van der Waals surface area contributed by atoms with Crippen molar-refractivity contribution in [2.24, 2.45) is 11.8 Å². The highest BCUT2D eigenvalue weighted by molar-refractivity contribution is 9.09. The van der Waals surface area contributed by atoms with Crippen LogP contribution in [0.25, 0.3) is 0 Å². The lowest BCUT2D eigenvalue weighted by Gasteiger charge is -2.42. The zero-order valence-electron chi connectivity index (χ0n) is 18.7. The number of aliphatic hydroxyl groups is 1. The molecule has 0 aromatic carbocycles. The summed E-state index contributed by atoms with van der Waals surface area (Å²) in [6.45, 7) is 11.9. The molecule has 1 N–H and O–H groups in total. The molecule has 31 heavy (non-hydrogen) atoms. The number of rotatable bonds is 8. The van der Waals surface area contributed by atoms with Gasteiger partial charge < -0.3 is 24.4 Å². The lowest BCUT2D eigenvalue weighted by molar-refractivity contribution is -0.155. The van der Waals surface area contributed by atoms with Crippen LogP contribution in [-0.4, -0.2) is 87.1 Å². The van der Waals surface area contributed by atoms with Crippen molar-refractivity contribution in [1.82, 2.24) is 9.80 Å². The van der Waals surface area contributed by atoms with Crippen LogP contribution in [0.5, 0.6) is 0 Å². The third-order valence-electron chi connectivity index (χ3n) is 6.53. The molecule has 3 aliphatic rings. The predicted molar refractivity (Wildman–Crippen MR) is 117 cm³/mol. The standard InChI is InChI=1S/C22H33BrN2O6/c1-6-9-25(21(3,4)5)19(28)17-22-12-13(23)16(31-22)14(20(29)30-7-2)15(22)18(27)24(17)10-8-11-26/h6,13-17,26H,1,7-12H2,2-5H3/t13?,14-,15+,16-,17-,22+/m0/s1. The maximum absolute atomic E-state index is 13.9. The molecule has 6 atom stereocenters. The second-order valence-electron chi connectivity index (χ2n) is 9.43. The van der Waals surface area contributed by atoms with Gasteiger partial charge in [0.2, 0.25) is 11.8 Å². The molecule has 8 nitrogen and oxygen atoms in total. The SMILES string of the molecule is C=CCN(C(=O)[C@@H]1N(CCCO)C(=O)[C@H]2[C@H](C(=O)OCC)[C@H]3O[C@@]12CC3Br)C(C)(C)C. The van der Waals surface area contributed by atoms with Crippen molar-refractivity contribution < 1.29 is 29.0 Å². The van der Waals surface area contributed by atoms with Crippen LogP contribution in [0, 0.1) is 11.8 Å². The van der Waals surface area contributed by atoms with Crippen molar-refractivity contribution in [2.75, 3.05) is 26.3 Å². The number of hydrogen-bond acceptors (Lipinski definition) is 6. The number of carbonyl (C=O) groups is 3. The maximum Gasteiger partial charge on any atom is 0.312 e. The fraction of sp³-hybridized carbons (Fsp3) is 0.773. The summed E-state index contributed by atoms with van der Waals surface area (Å²) >= 11 is 3.62. The molecule has 1 unspecified atom stereocenters. The van der Waals surface area contributed by atoms with Crippen LogP contribution in [0.4, 0.5) is 0 Å². The average molecular weight is 501 g/mol. The number of fused-ring (bicyclic) bond motifs is 1. The molecule has 3 aliphatic heterocycles. The summed E-state index contributed by atoms with van der Waals surface area (Å²) in [7, 11) is 0. The van der Waals surface area contributed by atoms with Gasteiger partial charge in [0, 0.05) is 30.1 Å². The van der Waals surface area contributed by atoms with E-state index in [0.29, 0.717) is 19.4 Å². The molecular formula is C22H33BrN2O6. The Balaban J connectivity index is 2.08. The first-order chi connectivity index (χ1) is 14.5. The zero-order chi connectivity index (χ0) is 23.1. The molecule has 0 aliphatic carbocycles. The maximum atomic E-state index is 13.9. The molecule has 3 rings (SSSR count). The van der Waals surface area contributed by atoms with Gasteiger partial charge in [-0.15, -0.1) is 6.58 Å². The normalized spacial score (nSPS) is 34.1. The summed E-state index contributed by atoms with van der Waals surface area (Å²) < 4.78 is 11.7. The first-order valence-electron chi connectivity index (χ1n) is 10.9. The Morgan fingerprint density at radius 2 is 2.13 bits per heavy atom. The van der Waals surface area contributed by atoms with E-state index in [-0.39, 0.29) is 36.4 Å². The van der Waals surface area contributed by atoms with E-state index in [1.54, 1.807) is 17.9 Å². The monoisotopic (exact) mass is 500 g/mol. The Kier molecular flexibility index (Phi) is 6.89. The lowest BCUT2D eigenvalue weighted by atomic mass is 9.70. The third kappa shape index (κ3) is 3.82. The Morgan fingerprint density at radius 3 is 2.68 bits per heavy atom. The predicted octanol–water partition coefficient (Wildman–Crippen LogP) is 1.49. The summed E-state index contributed by atoms with van der Waals surface area (Å²) in [6, 6.07) is -0.875. The minimum absolute atomic E-state index is 0.107. The number of alkyl halides is 1. The van der Waals surface area contributed by atoms with Crippen LogP contribution in [0.3, 0.4) is 0 Å². The van der Waals surface area contributed by atoms with Gasteiger partial charge >= 0.3 is 5.97 Å². The topological polar surface area (TPSA) is 96.4 Å². The molecule has 0 saturated carbocycles. The summed E-state index contributed by atoms with van der Waals surface area (Å²) in [4.78, 5) is 43.4. The summed E-state index contributed by atoms with van der Waals surface area (Å²) in [6.07, 6.45) is 1.92. The van der Waals surface area contributed by atoms with Gasteiger partial charge in [0.1, 0.15) is 11.6 Å². The van der Waals surface area contributed by atoms with Crippen molar-refractivity contribution >= 4 is 33.7 Å². The van der Waals surface area contributed by atoms with Crippen LogP contribution in [0.1, 0.15) is 40.5 Å². The van der Waals surface area contributed by atoms with Crippen LogP contribution in [-0.2, 0) is 23.9 Å². The van der Waals surface area contributed by atoms with Gasteiger partial charge in [0.15, 0.2) is 0 Å². The van der Waals surface area contributed by atoms with E-state index in [4.69, 9.17) is 9.47 Å². The third-order valence-corrected chi connectivity index (χ3v) is 7.37. The molecule has 2 bridgehead atoms. The van der Waals surface area contributed by atoms with Crippen LogP contribution < -0.4 is 0 Å². The number of carbonyl (C=O) groups excluding carboxylic acids is 3. The summed E-state index contributed by atoms with van der Waals surface area (Å²) in [5, 5.41) is 9.39. The first kappa shape index (κ1) is 24.2. The fourth-order valence-electron chi connectivity index (χ4n) is 5.37. The van der Waals surface area contributed by atoms with Crippen molar-refractivity contribution in [3.05, 3.63) is 12.7 Å². The summed E-state index contributed by atoms with van der Waals surface area (Å²) in [5.41, 5.74) is -1.61. The average Bonchev–Trinajstić information content (AvgIpc) is 3.27. The minimum atomic E-state index is -1.11. The number of amides is 2. The second-order valence-corrected chi connectivity index (χ2v) is 10.6. The van der Waals surface area contributed by atoms with Crippen molar-refractivity contribution in [1.29, 1.82) is 0 Å². The number of nitrogens with zero attached hydrogens (tertiary/aromatic N) is 2. The van der Waals surface area contributed by atoms with E-state index in [0.717, 1.165) is 0 Å². The van der Waals surface area contributed by atoms with E-state index in [1.165, 1.54) is 4.90 Å². The number of aliphatic hydroxyl groups excluding tert-OH is 1. The minimum Gasteiger partial charge on any atom is -0.466 e. The van der Waals surface area contributed by atoms with Crippen molar-refractivity contribution in [3.8, 4) is 0 Å². The number of hydrogen-bond donors (Lipinski definition) is 1. The van der Waals surface area contributed by atoms with E-state index in [1.807, 2.05) is 20.8 Å². The Bertz CT molecular complexity index is 753. The molecule has 2 amide bonds. The number of halogens is 1. The molecule has 1 spiro atoms. The van der Waals surface area contributed by atoms with Gasteiger partial charge in [-0.1, -0.05) is 22.0 Å².